The lowest BCUT2D eigenvalue weighted by molar-refractivity contribution is 0.0301. The number of amides is 1. The first-order valence-electron chi connectivity index (χ1n) is 7.99. The van der Waals surface area contributed by atoms with E-state index in [9.17, 15) is 9.90 Å². The minimum absolute atomic E-state index is 0.0127. The van der Waals surface area contributed by atoms with Crippen LogP contribution in [0.2, 0.25) is 0 Å². The lowest BCUT2D eigenvalue weighted by atomic mass is 10.1. The Labute approximate surface area is 125 Å². The van der Waals surface area contributed by atoms with E-state index in [1.807, 2.05) is 17.9 Å². The van der Waals surface area contributed by atoms with Gasteiger partial charge in [-0.25, -0.2) is 0 Å². The first-order chi connectivity index (χ1) is 10.2. The Balaban J connectivity index is 1.56. The van der Waals surface area contributed by atoms with Gasteiger partial charge in [0.15, 0.2) is 5.76 Å². The highest BCUT2D eigenvalue weighted by Crippen LogP contribution is 2.25. The zero-order valence-electron chi connectivity index (χ0n) is 12.6. The number of aliphatic hydroxyl groups is 1. The molecule has 0 spiro atoms. The summed E-state index contributed by atoms with van der Waals surface area (Å²) in [5.41, 5.74) is 0. The summed E-state index contributed by atoms with van der Waals surface area (Å²) in [6.07, 6.45) is 3.71. The predicted molar refractivity (Wildman–Crippen MR) is 79.2 cm³/mol. The molecule has 2 unspecified atom stereocenters. The first-order valence-corrected chi connectivity index (χ1v) is 7.99. The summed E-state index contributed by atoms with van der Waals surface area (Å²) < 4.78 is 5.55. The third-order valence-electron chi connectivity index (χ3n) is 4.74. The normalized spacial score (nSPS) is 27.2. The fourth-order valence-corrected chi connectivity index (χ4v) is 3.44. The number of piperazine rings is 1. The molecule has 1 N–H and O–H groups in total. The highest BCUT2D eigenvalue weighted by atomic mass is 16.4. The Bertz CT molecular complexity index is 491. The summed E-state index contributed by atoms with van der Waals surface area (Å²) in [4.78, 5) is 16.6. The number of rotatable bonds is 3. The van der Waals surface area contributed by atoms with E-state index in [1.165, 1.54) is 0 Å². The third-order valence-corrected chi connectivity index (χ3v) is 4.74. The summed E-state index contributed by atoms with van der Waals surface area (Å²) in [5, 5.41) is 9.99. The Hall–Kier alpha value is -1.33. The molecule has 1 aliphatic carbocycles. The van der Waals surface area contributed by atoms with Gasteiger partial charge in [0.2, 0.25) is 0 Å². The molecule has 3 rings (SSSR count). The van der Waals surface area contributed by atoms with Gasteiger partial charge in [0, 0.05) is 38.6 Å². The van der Waals surface area contributed by atoms with Gasteiger partial charge in [-0.1, -0.05) is 6.92 Å². The minimum atomic E-state index is -0.190. The highest BCUT2D eigenvalue weighted by Gasteiger charge is 2.33. The van der Waals surface area contributed by atoms with E-state index in [4.69, 9.17) is 4.42 Å². The van der Waals surface area contributed by atoms with E-state index in [1.54, 1.807) is 6.07 Å². The van der Waals surface area contributed by atoms with Gasteiger partial charge < -0.3 is 14.4 Å². The van der Waals surface area contributed by atoms with Crippen molar-refractivity contribution >= 4 is 5.91 Å². The van der Waals surface area contributed by atoms with Crippen LogP contribution in [0.4, 0.5) is 0 Å². The van der Waals surface area contributed by atoms with Crippen LogP contribution in [-0.2, 0) is 6.42 Å². The first kappa shape index (κ1) is 14.6. The molecule has 1 aromatic rings. The van der Waals surface area contributed by atoms with Gasteiger partial charge in [-0.05, 0) is 31.4 Å². The number of aliphatic hydroxyl groups excluding tert-OH is 1. The van der Waals surface area contributed by atoms with Gasteiger partial charge in [-0.2, -0.15) is 0 Å². The second kappa shape index (κ2) is 6.20. The molecule has 0 bridgehead atoms. The van der Waals surface area contributed by atoms with Crippen molar-refractivity contribution < 1.29 is 14.3 Å². The van der Waals surface area contributed by atoms with Crippen LogP contribution in [-0.4, -0.2) is 59.1 Å². The van der Waals surface area contributed by atoms with E-state index < -0.39 is 0 Å². The SMILES string of the molecule is CCc1ccc(C(=O)N2CCN(C3CCCC3O)CC2)o1. The lowest BCUT2D eigenvalue weighted by Crippen LogP contribution is -2.53. The van der Waals surface area contributed by atoms with E-state index in [2.05, 4.69) is 4.90 Å². The largest absolute Gasteiger partial charge is 0.456 e. The van der Waals surface area contributed by atoms with Crippen LogP contribution < -0.4 is 0 Å². The van der Waals surface area contributed by atoms with Crippen molar-refractivity contribution in [1.82, 2.24) is 9.80 Å². The topological polar surface area (TPSA) is 56.9 Å². The van der Waals surface area contributed by atoms with Crippen LogP contribution in [0, 0.1) is 0 Å². The van der Waals surface area contributed by atoms with Crippen molar-refractivity contribution in [2.75, 3.05) is 26.2 Å². The molecule has 1 saturated carbocycles. The Morgan fingerprint density at radius 2 is 2.05 bits per heavy atom. The maximum Gasteiger partial charge on any atom is 0.289 e. The number of aryl methyl sites for hydroxylation is 1. The van der Waals surface area contributed by atoms with Crippen LogP contribution in [0.5, 0.6) is 0 Å². The number of carbonyl (C=O) groups is 1. The van der Waals surface area contributed by atoms with Crippen LogP contribution in [0.3, 0.4) is 0 Å². The van der Waals surface area contributed by atoms with E-state index in [0.717, 1.165) is 44.5 Å². The fraction of sp³-hybridized carbons (Fsp3) is 0.688. The molecule has 0 radical (unpaired) electrons. The van der Waals surface area contributed by atoms with Crippen molar-refractivity contribution in [3.63, 3.8) is 0 Å². The third kappa shape index (κ3) is 2.99. The van der Waals surface area contributed by atoms with Gasteiger partial charge in [0.1, 0.15) is 5.76 Å². The summed E-state index contributed by atoms with van der Waals surface area (Å²) in [5.74, 6) is 1.29. The van der Waals surface area contributed by atoms with E-state index >= 15 is 0 Å². The van der Waals surface area contributed by atoms with Crippen molar-refractivity contribution in [2.24, 2.45) is 0 Å². The Kier molecular flexibility index (Phi) is 4.31. The number of hydrogen-bond acceptors (Lipinski definition) is 4. The molecule has 21 heavy (non-hydrogen) atoms. The maximum atomic E-state index is 12.4. The zero-order valence-corrected chi connectivity index (χ0v) is 12.6. The minimum Gasteiger partial charge on any atom is -0.456 e. The second-order valence-electron chi connectivity index (χ2n) is 6.01. The number of furan rings is 1. The van der Waals surface area contributed by atoms with Crippen molar-refractivity contribution in [2.45, 2.75) is 44.8 Å². The van der Waals surface area contributed by atoms with Crippen molar-refractivity contribution in [3.8, 4) is 0 Å². The monoisotopic (exact) mass is 292 g/mol. The van der Waals surface area contributed by atoms with Gasteiger partial charge >= 0.3 is 0 Å². The fourth-order valence-electron chi connectivity index (χ4n) is 3.44. The predicted octanol–water partition coefficient (Wildman–Crippen LogP) is 1.51. The number of carbonyl (C=O) groups excluding carboxylic acids is 1. The van der Waals surface area contributed by atoms with Crippen LogP contribution in [0.25, 0.3) is 0 Å². The zero-order chi connectivity index (χ0) is 14.8. The molecule has 116 valence electrons. The molecule has 0 aromatic carbocycles. The molecule has 1 aliphatic heterocycles. The average Bonchev–Trinajstić information content (AvgIpc) is 3.15. The summed E-state index contributed by atoms with van der Waals surface area (Å²) in [6, 6.07) is 3.93. The maximum absolute atomic E-state index is 12.4. The summed E-state index contributed by atoms with van der Waals surface area (Å²) in [7, 11) is 0. The molecule has 2 aliphatic rings. The molecular formula is C16H24N2O3. The standard InChI is InChI=1S/C16H24N2O3/c1-2-12-6-7-15(21-12)16(20)18-10-8-17(9-11-18)13-4-3-5-14(13)19/h6-7,13-14,19H,2-5,8-11H2,1H3. The molecule has 5 heteroatoms. The van der Waals surface area contributed by atoms with Crippen LogP contribution in [0.15, 0.2) is 16.5 Å². The van der Waals surface area contributed by atoms with Crippen molar-refractivity contribution in [3.05, 3.63) is 23.7 Å². The van der Waals surface area contributed by atoms with E-state index in [0.29, 0.717) is 18.8 Å². The Morgan fingerprint density at radius 3 is 2.62 bits per heavy atom. The number of hydrogen-bond donors (Lipinski definition) is 1. The van der Waals surface area contributed by atoms with E-state index in [-0.39, 0.29) is 18.1 Å². The van der Waals surface area contributed by atoms with Gasteiger partial charge in [-0.3, -0.25) is 9.69 Å². The quantitative estimate of drug-likeness (QED) is 0.917. The van der Waals surface area contributed by atoms with Crippen molar-refractivity contribution in [1.29, 1.82) is 0 Å². The van der Waals surface area contributed by atoms with Gasteiger partial charge in [0.05, 0.1) is 6.10 Å². The molecule has 2 atom stereocenters. The molecular weight excluding hydrogens is 268 g/mol. The molecule has 5 nitrogen and oxygen atoms in total. The Morgan fingerprint density at radius 1 is 1.29 bits per heavy atom. The molecule has 2 fully saturated rings. The number of nitrogens with zero attached hydrogens (tertiary/aromatic N) is 2. The summed E-state index contributed by atoms with van der Waals surface area (Å²) in [6.45, 7) is 5.12. The molecule has 1 amide bonds. The average molecular weight is 292 g/mol. The molecule has 1 saturated heterocycles. The second-order valence-corrected chi connectivity index (χ2v) is 6.01. The summed E-state index contributed by atoms with van der Waals surface area (Å²) >= 11 is 0. The van der Waals surface area contributed by atoms with Crippen LogP contribution in [0.1, 0.15) is 42.5 Å². The molecule has 2 heterocycles. The lowest BCUT2D eigenvalue weighted by Gasteiger charge is -2.38. The van der Waals surface area contributed by atoms with Crippen LogP contribution >= 0.6 is 0 Å². The highest BCUT2D eigenvalue weighted by molar-refractivity contribution is 5.91. The smallest absolute Gasteiger partial charge is 0.289 e. The van der Waals surface area contributed by atoms with Gasteiger partial charge in [0.25, 0.3) is 5.91 Å². The van der Waals surface area contributed by atoms with Gasteiger partial charge in [-0.15, -0.1) is 0 Å². The molecule has 1 aromatic heterocycles.